The monoisotopic (exact) mass is 398 g/mol. The molecule has 0 aliphatic rings. The summed E-state index contributed by atoms with van der Waals surface area (Å²) < 4.78 is 26.1. The van der Waals surface area contributed by atoms with E-state index < -0.39 is 21.0 Å². The lowest BCUT2D eigenvalue weighted by Gasteiger charge is -2.20. The van der Waals surface area contributed by atoms with E-state index in [1.54, 1.807) is 12.3 Å². The number of benzene rings is 2. The summed E-state index contributed by atoms with van der Waals surface area (Å²) in [5, 5.41) is 14.7. The van der Waals surface area contributed by atoms with Crippen LogP contribution in [0.4, 0.5) is 11.4 Å². The second kappa shape index (κ2) is 8.15. The Bertz CT molecular complexity index is 1030. The first-order valence-electron chi connectivity index (χ1n) is 8.37. The van der Waals surface area contributed by atoms with Crippen LogP contribution in [0, 0.1) is 10.1 Å². The highest BCUT2D eigenvalue weighted by Crippen LogP contribution is 2.32. The van der Waals surface area contributed by atoms with Crippen LogP contribution in [0.25, 0.3) is 0 Å². The summed E-state index contributed by atoms with van der Waals surface area (Å²) >= 11 is 0. The SMILES string of the molecule is CNS(=O)(=O)c1ccc(NC(c2ccccc2)c2ccccn2)c([N+](=O)[O-])c1. The van der Waals surface area contributed by atoms with E-state index in [-0.39, 0.29) is 16.3 Å². The maximum atomic E-state index is 12.0. The Kier molecular flexibility index (Phi) is 5.67. The van der Waals surface area contributed by atoms with Crippen molar-refractivity contribution < 1.29 is 13.3 Å². The van der Waals surface area contributed by atoms with Gasteiger partial charge in [-0.05, 0) is 36.9 Å². The number of nitro groups is 1. The summed E-state index contributed by atoms with van der Waals surface area (Å²) in [7, 11) is -2.55. The van der Waals surface area contributed by atoms with Crippen LogP contribution in [0.2, 0.25) is 0 Å². The van der Waals surface area contributed by atoms with Gasteiger partial charge in [0.05, 0.1) is 21.6 Å². The third kappa shape index (κ3) is 4.16. The molecule has 1 heterocycles. The van der Waals surface area contributed by atoms with E-state index >= 15 is 0 Å². The Morgan fingerprint density at radius 1 is 1.04 bits per heavy atom. The Morgan fingerprint density at radius 3 is 2.36 bits per heavy atom. The molecule has 0 radical (unpaired) electrons. The third-order valence-corrected chi connectivity index (χ3v) is 5.57. The summed E-state index contributed by atoms with van der Waals surface area (Å²) in [6.07, 6.45) is 1.64. The zero-order chi connectivity index (χ0) is 20.1. The van der Waals surface area contributed by atoms with E-state index in [1.807, 2.05) is 42.5 Å². The minimum absolute atomic E-state index is 0.179. The van der Waals surface area contributed by atoms with E-state index in [0.29, 0.717) is 5.69 Å². The molecule has 0 amide bonds. The lowest BCUT2D eigenvalue weighted by molar-refractivity contribution is -0.384. The summed E-state index contributed by atoms with van der Waals surface area (Å²) in [5.74, 6) is 0. The third-order valence-electron chi connectivity index (χ3n) is 4.16. The van der Waals surface area contributed by atoms with Crippen LogP contribution in [-0.4, -0.2) is 25.4 Å². The molecule has 0 fully saturated rings. The number of aromatic nitrogens is 1. The van der Waals surface area contributed by atoms with Crippen molar-refractivity contribution in [3.05, 3.63) is 94.3 Å². The number of nitrogens with one attached hydrogen (secondary N) is 2. The summed E-state index contributed by atoms with van der Waals surface area (Å²) in [6, 6.07) is 18.1. The van der Waals surface area contributed by atoms with Gasteiger partial charge in [0.15, 0.2) is 0 Å². The van der Waals surface area contributed by atoms with E-state index in [0.717, 1.165) is 11.6 Å². The average molecular weight is 398 g/mol. The maximum absolute atomic E-state index is 12.0. The largest absolute Gasteiger partial charge is 0.367 e. The van der Waals surface area contributed by atoms with Gasteiger partial charge in [-0.1, -0.05) is 36.4 Å². The first kappa shape index (κ1) is 19.5. The van der Waals surface area contributed by atoms with Gasteiger partial charge in [0.25, 0.3) is 5.69 Å². The van der Waals surface area contributed by atoms with Crippen molar-refractivity contribution in [2.24, 2.45) is 0 Å². The lowest BCUT2D eigenvalue weighted by Crippen LogP contribution is -2.19. The van der Waals surface area contributed by atoms with Gasteiger partial charge in [0.1, 0.15) is 5.69 Å². The van der Waals surface area contributed by atoms with Gasteiger partial charge in [-0.15, -0.1) is 0 Å². The minimum Gasteiger partial charge on any atom is -0.367 e. The van der Waals surface area contributed by atoms with Gasteiger partial charge in [0.2, 0.25) is 10.0 Å². The fourth-order valence-electron chi connectivity index (χ4n) is 2.75. The molecule has 1 aromatic heterocycles. The molecule has 144 valence electrons. The van der Waals surface area contributed by atoms with E-state index in [1.165, 1.54) is 19.2 Å². The highest BCUT2D eigenvalue weighted by molar-refractivity contribution is 7.89. The van der Waals surface area contributed by atoms with Crippen molar-refractivity contribution in [1.82, 2.24) is 9.71 Å². The Balaban J connectivity index is 2.07. The normalized spacial score (nSPS) is 12.3. The molecule has 0 aliphatic carbocycles. The number of hydrogen-bond donors (Lipinski definition) is 2. The van der Waals surface area contributed by atoms with Gasteiger partial charge in [-0.25, -0.2) is 13.1 Å². The zero-order valence-electron chi connectivity index (χ0n) is 14.9. The molecule has 8 nitrogen and oxygen atoms in total. The average Bonchev–Trinajstić information content (AvgIpc) is 2.73. The fraction of sp³-hybridized carbons (Fsp3) is 0.105. The van der Waals surface area contributed by atoms with Crippen molar-refractivity contribution in [2.45, 2.75) is 10.9 Å². The Hall–Kier alpha value is -3.30. The van der Waals surface area contributed by atoms with Crippen LogP contribution in [0.3, 0.4) is 0 Å². The molecule has 0 spiro atoms. The molecular formula is C19H18N4O4S. The number of rotatable bonds is 7. The fourth-order valence-corrected chi connectivity index (χ4v) is 3.50. The van der Waals surface area contributed by atoms with E-state index in [4.69, 9.17) is 0 Å². The quantitative estimate of drug-likeness (QED) is 0.467. The molecule has 0 aliphatic heterocycles. The molecular weight excluding hydrogens is 380 g/mol. The van der Waals surface area contributed by atoms with Crippen LogP contribution < -0.4 is 10.0 Å². The summed E-state index contributed by atoms with van der Waals surface area (Å²) in [6.45, 7) is 0. The first-order chi connectivity index (χ1) is 13.4. The van der Waals surface area contributed by atoms with Gasteiger partial charge < -0.3 is 5.32 Å². The number of sulfonamides is 1. The summed E-state index contributed by atoms with van der Waals surface area (Å²) in [4.78, 5) is 15.1. The van der Waals surface area contributed by atoms with Gasteiger partial charge >= 0.3 is 0 Å². The minimum atomic E-state index is -3.80. The molecule has 3 rings (SSSR count). The number of nitrogens with zero attached hydrogens (tertiary/aromatic N) is 2. The molecule has 0 saturated heterocycles. The van der Waals surface area contributed by atoms with Gasteiger partial charge in [-0.2, -0.15) is 0 Å². The molecule has 1 atom stereocenters. The van der Waals surface area contributed by atoms with Crippen LogP contribution in [0.1, 0.15) is 17.3 Å². The summed E-state index contributed by atoms with van der Waals surface area (Å²) in [5.41, 5.74) is 1.39. The second-order valence-electron chi connectivity index (χ2n) is 5.89. The predicted octanol–water partition coefficient (Wildman–Crippen LogP) is 3.10. The molecule has 2 N–H and O–H groups in total. The van der Waals surface area contributed by atoms with Crippen molar-refractivity contribution in [3.8, 4) is 0 Å². The number of anilines is 1. The standard InChI is InChI=1S/C19H18N4O4S/c1-20-28(26,27)15-10-11-16(18(13-15)23(24)25)22-19(14-7-3-2-4-8-14)17-9-5-6-12-21-17/h2-13,19-20,22H,1H3. The van der Waals surface area contributed by atoms with Gasteiger partial charge in [0, 0.05) is 12.3 Å². The smallest absolute Gasteiger partial charge is 0.293 e. The van der Waals surface area contributed by atoms with Crippen molar-refractivity contribution in [2.75, 3.05) is 12.4 Å². The van der Waals surface area contributed by atoms with Crippen molar-refractivity contribution in [1.29, 1.82) is 0 Å². The van der Waals surface area contributed by atoms with Crippen LogP contribution in [-0.2, 0) is 10.0 Å². The number of pyridine rings is 1. The van der Waals surface area contributed by atoms with Crippen molar-refractivity contribution in [3.63, 3.8) is 0 Å². The maximum Gasteiger partial charge on any atom is 0.293 e. The lowest BCUT2D eigenvalue weighted by atomic mass is 10.0. The molecule has 9 heteroatoms. The molecule has 28 heavy (non-hydrogen) atoms. The molecule has 1 unspecified atom stereocenters. The Labute approximate surface area is 162 Å². The van der Waals surface area contributed by atoms with E-state index in [2.05, 4.69) is 15.0 Å². The zero-order valence-corrected chi connectivity index (χ0v) is 15.8. The number of nitro benzene ring substituents is 1. The molecule has 2 aromatic carbocycles. The van der Waals surface area contributed by atoms with E-state index in [9.17, 15) is 18.5 Å². The highest BCUT2D eigenvalue weighted by atomic mass is 32.2. The van der Waals surface area contributed by atoms with Crippen LogP contribution in [0.5, 0.6) is 0 Å². The van der Waals surface area contributed by atoms with Crippen LogP contribution in [0.15, 0.2) is 77.8 Å². The molecule has 3 aromatic rings. The van der Waals surface area contributed by atoms with Gasteiger partial charge in [-0.3, -0.25) is 15.1 Å². The number of hydrogen-bond acceptors (Lipinski definition) is 6. The topological polar surface area (TPSA) is 114 Å². The van der Waals surface area contributed by atoms with Crippen LogP contribution >= 0.6 is 0 Å². The molecule has 0 bridgehead atoms. The second-order valence-corrected chi connectivity index (χ2v) is 7.77. The first-order valence-corrected chi connectivity index (χ1v) is 9.85. The molecule has 0 saturated carbocycles. The predicted molar refractivity (Wildman–Crippen MR) is 105 cm³/mol. The highest BCUT2D eigenvalue weighted by Gasteiger charge is 2.23. The van der Waals surface area contributed by atoms with Crippen molar-refractivity contribution >= 4 is 21.4 Å². The Morgan fingerprint density at radius 2 is 1.75 bits per heavy atom.